The van der Waals surface area contributed by atoms with Gasteiger partial charge in [0.05, 0.1) is 0 Å². The molecule has 0 radical (unpaired) electrons. The molecule has 0 aliphatic rings. The maximum absolute atomic E-state index is 12.0. The Morgan fingerprint density at radius 1 is 0.947 bits per heavy atom. The van der Waals surface area contributed by atoms with Gasteiger partial charge in [-0.2, -0.15) is 0 Å². The smallest absolute Gasteiger partial charge is 0.255 e. The lowest BCUT2D eigenvalue weighted by Crippen LogP contribution is -2.15. The van der Waals surface area contributed by atoms with Crippen molar-refractivity contribution in [3.05, 3.63) is 59.7 Å². The number of benzene rings is 2. The zero-order valence-electron chi connectivity index (χ0n) is 10.1. The number of primary amides is 1. The first kappa shape index (κ1) is 12.6. The molecule has 19 heavy (non-hydrogen) atoms. The van der Waals surface area contributed by atoms with Gasteiger partial charge >= 0.3 is 0 Å². The average Bonchev–Trinajstić information content (AvgIpc) is 2.41. The lowest BCUT2D eigenvalue weighted by Gasteiger charge is -2.06. The van der Waals surface area contributed by atoms with E-state index in [1.165, 1.54) is 6.07 Å². The summed E-state index contributed by atoms with van der Waals surface area (Å²) in [5.74, 6) is -0.880. The molecule has 0 aliphatic heterocycles. The Hall–Kier alpha value is -2.82. The standard InChI is InChI=1S/C14H13N3O2/c15-11-4-6-12(7-5-11)17-14(19)10-3-1-2-9(8-10)13(16)18/h1-8H,15H2,(H2,16,18)(H,17,19). The number of carbonyl (C=O) groups excluding carboxylic acids is 2. The van der Waals surface area contributed by atoms with Crippen LogP contribution in [0.25, 0.3) is 0 Å². The molecule has 5 heteroatoms. The van der Waals surface area contributed by atoms with Gasteiger partial charge in [0, 0.05) is 22.5 Å². The maximum atomic E-state index is 12.0. The van der Waals surface area contributed by atoms with Crippen molar-refractivity contribution in [1.29, 1.82) is 0 Å². The highest BCUT2D eigenvalue weighted by molar-refractivity contribution is 6.06. The van der Waals surface area contributed by atoms with Crippen LogP contribution >= 0.6 is 0 Å². The van der Waals surface area contributed by atoms with Crippen LogP contribution in [0.15, 0.2) is 48.5 Å². The zero-order chi connectivity index (χ0) is 13.8. The molecular weight excluding hydrogens is 242 g/mol. The molecule has 0 heterocycles. The van der Waals surface area contributed by atoms with Crippen LogP contribution in [-0.4, -0.2) is 11.8 Å². The quantitative estimate of drug-likeness (QED) is 0.727. The number of carbonyl (C=O) groups is 2. The molecule has 0 saturated heterocycles. The summed E-state index contributed by atoms with van der Waals surface area (Å²) in [5, 5.41) is 2.70. The minimum atomic E-state index is -0.567. The van der Waals surface area contributed by atoms with E-state index in [-0.39, 0.29) is 5.91 Å². The van der Waals surface area contributed by atoms with Crippen molar-refractivity contribution < 1.29 is 9.59 Å². The third kappa shape index (κ3) is 3.10. The van der Waals surface area contributed by atoms with E-state index >= 15 is 0 Å². The molecule has 5 N–H and O–H groups in total. The van der Waals surface area contributed by atoms with Crippen LogP contribution in [0.3, 0.4) is 0 Å². The lowest BCUT2D eigenvalue weighted by molar-refractivity contribution is 0.1000. The number of hydrogen-bond donors (Lipinski definition) is 3. The Morgan fingerprint density at radius 2 is 1.58 bits per heavy atom. The summed E-state index contributed by atoms with van der Waals surface area (Å²) in [6.45, 7) is 0. The fraction of sp³-hybridized carbons (Fsp3) is 0. The molecule has 0 spiro atoms. The normalized spacial score (nSPS) is 9.89. The minimum Gasteiger partial charge on any atom is -0.399 e. The Kier molecular flexibility index (Phi) is 3.47. The van der Waals surface area contributed by atoms with Crippen LogP contribution in [-0.2, 0) is 0 Å². The van der Waals surface area contributed by atoms with Crippen LogP contribution in [0.2, 0.25) is 0 Å². The Balaban J connectivity index is 2.18. The molecule has 0 bridgehead atoms. The summed E-state index contributed by atoms with van der Waals surface area (Å²) < 4.78 is 0. The van der Waals surface area contributed by atoms with E-state index in [1.54, 1.807) is 42.5 Å². The number of anilines is 2. The van der Waals surface area contributed by atoms with Gasteiger partial charge < -0.3 is 16.8 Å². The zero-order valence-corrected chi connectivity index (χ0v) is 10.1. The average molecular weight is 255 g/mol. The van der Waals surface area contributed by atoms with Crippen molar-refractivity contribution in [3.8, 4) is 0 Å². The topological polar surface area (TPSA) is 98.2 Å². The maximum Gasteiger partial charge on any atom is 0.255 e. The number of nitrogen functional groups attached to an aromatic ring is 1. The minimum absolute atomic E-state index is 0.296. The summed E-state index contributed by atoms with van der Waals surface area (Å²) in [7, 11) is 0. The summed E-state index contributed by atoms with van der Waals surface area (Å²) in [5.41, 5.74) is 12.6. The first-order valence-electron chi connectivity index (χ1n) is 5.63. The highest BCUT2D eigenvalue weighted by atomic mass is 16.2. The van der Waals surface area contributed by atoms with Gasteiger partial charge in [-0.25, -0.2) is 0 Å². The van der Waals surface area contributed by atoms with Crippen LogP contribution in [0.5, 0.6) is 0 Å². The third-order valence-electron chi connectivity index (χ3n) is 2.58. The Labute approximate surface area is 110 Å². The molecule has 0 atom stereocenters. The van der Waals surface area contributed by atoms with Crippen LogP contribution in [0.1, 0.15) is 20.7 Å². The van der Waals surface area contributed by atoms with E-state index in [2.05, 4.69) is 5.32 Å². The molecule has 2 amide bonds. The molecule has 2 aromatic carbocycles. The molecule has 96 valence electrons. The molecule has 2 aromatic rings. The predicted octanol–water partition coefficient (Wildman–Crippen LogP) is 1.62. The fourth-order valence-electron chi connectivity index (χ4n) is 1.58. The van der Waals surface area contributed by atoms with Crippen molar-refractivity contribution in [1.82, 2.24) is 0 Å². The highest BCUT2D eigenvalue weighted by Gasteiger charge is 2.08. The number of nitrogens with two attached hydrogens (primary N) is 2. The van der Waals surface area contributed by atoms with E-state index < -0.39 is 5.91 Å². The number of amides is 2. The molecule has 2 rings (SSSR count). The molecule has 0 aliphatic carbocycles. The predicted molar refractivity (Wildman–Crippen MR) is 73.8 cm³/mol. The van der Waals surface area contributed by atoms with Gasteiger partial charge in [0.1, 0.15) is 0 Å². The van der Waals surface area contributed by atoms with Crippen LogP contribution < -0.4 is 16.8 Å². The van der Waals surface area contributed by atoms with E-state index in [0.717, 1.165) is 0 Å². The molecule has 0 unspecified atom stereocenters. The van der Waals surface area contributed by atoms with E-state index in [4.69, 9.17) is 11.5 Å². The summed E-state index contributed by atoms with van der Waals surface area (Å²) in [6.07, 6.45) is 0. The summed E-state index contributed by atoms with van der Waals surface area (Å²) in [6, 6.07) is 13.0. The van der Waals surface area contributed by atoms with E-state index in [9.17, 15) is 9.59 Å². The first-order valence-corrected chi connectivity index (χ1v) is 5.63. The Morgan fingerprint density at radius 3 is 2.21 bits per heavy atom. The van der Waals surface area contributed by atoms with E-state index in [0.29, 0.717) is 22.5 Å². The fourth-order valence-corrected chi connectivity index (χ4v) is 1.58. The summed E-state index contributed by atoms with van der Waals surface area (Å²) in [4.78, 5) is 23.0. The van der Waals surface area contributed by atoms with Crippen molar-refractivity contribution in [3.63, 3.8) is 0 Å². The number of rotatable bonds is 3. The SMILES string of the molecule is NC(=O)c1cccc(C(=O)Nc2ccc(N)cc2)c1. The molecule has 0 aromatic heterocycles. The van der Waals surface area contributed by atoms with Gasteiger partial charge in [-0.3, -0.25) is 9.59 Å². The second kappa shape index (κ2) is 5.22. The van der Waals surface area contributed by atoms with E-state index in [1.807, 2.05) is 0 Å². The second-order valence-electron chi connectivity index (χ2n) is 4.02. The van der Waals surface area contributed by atoms with Crippen LogP contribution in [0.4, 0.5) is 11.4 Å². The summed E-state index contributed by atoms with van der Waals surface area (Å²) >= 11 is 0. The van der Waals surface area contributed by atoms with Crippen molar-refractivity contribution in [2.24, 2.45) is 5.73 Å². The monoisotopic (exact) mass is 255 g/mol. The molecular formula is C14H13N3O2. The van der Waals surface area contributed by atoms with Crippen LogP contribution in [0, 0.1) is 0 Å². The number of hydrogen-bond acceptors (Lipinski definition) is 3. The van der Waals surface area contributed by atoms with Gasteiger partial charge in [0.2, 0.25) is 5.91 Å². The number of nitrogens with one attached hydrogen (secondary N) is 1. The van der Waals surface area contributed by atoms with Crippen molar-refractivity contribution >= 4 is 23.2 Å². The first-order chi connectivity index (χ1) is 9.06. The van der Waals surface area contributed by atoms with Gasteiger partial charge in [-0.1, -0.05) is 6.07 Å². The largest absolute Gasteiger partial charge is 0.399 e. The second-order valence-corrected chi connectivity index (χ2v) is 4.02. The van der Waals surface area contributed by atoms with Gasteiger partial charge in [-0.15, -0.1) is 0 Å². The van der Waals surface area contributed by atoms with Crippen molar-refractivity contribution in [2.75, 3.05) is 11.1 Å². The van der Waals surface area contributed by atoms with Crippen molar-refractivity contribution in [2.45, 2.75) is 0 Å². The lowest BCUT2D eigenvalue weighted by atomic mass is 10.1. The molecule has 0 saturated carbocycles. The van der Waals surface area contributed by atoms with Gasteiger partial charge in [0.15, 0.2) is 0 Å². The van der Waals surface area contributed by atoms with Gasteiger partial charge in [0.25, 0.3) is 5.91 Å². The third-order valence-corrected chi connectivity index (χ3v) is 2.58. The molecule has 0 fully saturated rings. The van der Waals surface area contributed by atoms with Gasteiger partial charge in [-0.05, 0) is 42.5 Å². The Bertz CT molecular complexity index is 621. The molecule has 5 nitrogen and oxygen atoms in total. The highest BCUT2D eigenvalue weighted by Crippen LogP contribution is 2.13.